The van der Waals surface area contributed by atoms with E-state index in [2.05, 4.69) is 40.6 Å². The molecular weight excluding hydrogens is 346 g/mol. The van der Waals surface area contributed by atoms with Crippen molar-refractivity contribution in [1.29, 1.82) is 0 Å². The quantitative estimate of drug-likeness (QED) is 0.648. The smallest absolute Gasteiger partial charge is 0.109 e. The molecule has 2 aliphatic rings. The Kier molecular flexibility index (Phi) is 4.65. The molecule has 1 atom stereocenters. The first kappa shape index (κ1) is 17.8. The minimum absolute atomic E-state index is 0.0283. The number of nitrogens with one attached hydrogen (secondary N) is 2. The molecule has 3 aromatic rings. The van der Waals surface area contributed by atoms with Gasteiger partial charge in [0.25, 0.3) is 0 Å². The number of pyridine rings is 1. The molecule has 28 heavy (non-hydrogen) atoms. The third kappa shape index (κ3) is 3.45. The van der Waals surface area contributed by atoms with Crippen molar-refractivity contribution in [2.24, 2.45) is 5.73 Å². The zero-order valence-electron chi connectivity index (χ0n) is 16.3. The average molecular weight is 376 g/mol. The predicted octanol–water partition coefficient (Wildman–Crippen LogP) is 3.81. The molecular formula is C23H29N5. The molecule has 1 fully saturated rings. The molecule has 5 nitrogen and oxygen atoms in total. The summed E-state index contributed by atoms with van der Waals surface area (Å²) in [7, 11) is 0. The highest BCUT2D eigenvalue weighted by molar-refractivity contribution is 5.74. The fourth-order valence-corrected chi connectivity index (χ4v) is 5.09. The van der Waals surface area contributed by atoms with Crippen LogP contribution in [-0.2, 0) is 12.8 Å². The van der Waals surface area contributed by atoms with Crippen LogP contribution in [0.3, 0.4) is 0 Å². The Labute approximate surface area is 166 Å². The maximum absolute atomic E-state index is 6.26. The molecule has 0 radical (unpaired) electrons. The number of rotatable bonds is 4. The van der Waals surface area contributed by atoms with E-state index in [0.717, 1.165) is 61.8 Å². The van der Waals surface area contributed by atoms with Crippen LogP contribution in [0.25, 0.3) is 11.0 Å². The molecule has 0 aliphatic heterocycles. The fraction of sp³-hybridized carbons (Fsp3) is 0.478. The highest BCUT2D eigenvalue weighted by atomic mass is 15.1. The topological polar surface area (TPSA) is 79.6 Å². The van der Waals surface area contributed by atoms with Gasteiger partial charge in [-0.25, -0.2) is 4.98 Å². The van der Waals surface area contributed by atoms with Crippen LogP contribution in [-0.4, -0.2) is 26.5 Å². The second kappa shape index (κ2) is 7.30. The average Bonchev–Trinajstić information content (AvgIpc) is 3.13. The van der Waals surface area contributed by atoms with E-state index in [0.29, 0.717) is 12.1 Å². The lowest BCUT2D eigenvalue weighted by Crippen LogP contribution is -2.53. The minimum atomic E-state index is 0.0283. The summed E-state index contributed by atoms with van der Waals surface area (Å²) in [6.07, 6.45) is 10.7. The first-order valence-corrected chi connectivity index (χ1v) is 10.6. The molecule has 2 heterocycles. The van der Waals surface area contributed by atoms with Gasteiger partial charge in [0.05, 0.1) is 22.8 Å². The van der Waals surface area contributed by atoms with Crippen molar-refractivity contribution in [3.63, 3.8) is 0 Å². The molecule has 2 aliphatic carbocycles. The van der Waals surface area contributed by atoms with Crippen LogP contribution in [0.5, 0.6) is 0 Å². The van der Waals surface area contributed by atoms with Gasteiger partial charge in [0.15, 0.2) is 0 Å². The molecule has 0 saturated heterocycles. The molecule has 5 rings (SSSR count). The molecule has 1 saturated carbocycles. The largest absolute Gasteiger partial charge is 0.342 e. The molecule has 0 spiro atoms. The van der Waals surface area contributed by atoms with Crippen LogP contribution >= 0.6 is 0 Å². The molecule has 5 heteroatoms. The second-order valence-electron chi connectivity index (χ2n) is 8.63. The summed E-state index contributed by atoms with van der Waals surface area (Å²) in [5.74, 6) is 1.07. The van der Waals surface area contributed by atoms with E-state index in [-0.39, 0.29) is 5.54 Å². The van der Waals surface area contributed by atoms with E-state index in [4.69, 9.17) is 15.7 Å². The maximum atomic E-state index is 6.26. The number of H-pyrrole nitrogens is 1. The van der Waals surface area contributed by atoms with Gasteiger partial charge in [-0.3, -0.25) is 4.98 Å². The van der Waals surface area contributed by atoms with Gasteiger partial charge in [-0.2, -0.15) is 0 Å². The Morgan fingerprint density at radius 3 is 2.82 bits per heavy atom. The van der Waals surface area contributed by atoms with E-state index in [9.17, 15) is 0 Å². The number of para-hydroxylation sites is 2. The van der Waals surface area contributed by atoms with Crippen molar-refractivity contribution in [3.8, 4) is 0 Å². The molecule has 1 unspecified atom stereocenters. The first-order chi connectivity index (χ1) is 13.7. The summed E-state index contributed by atoms with van der Waals surface area (Å²) in [6, 6.07) is 13.2. The van der Waals surface area contributed by atoms with Gasteiger partial charge < -0.3 is 16.0 Å². The van der Waals surface area contributed by atoms with Crippen molar-refractivity contribution in [2.75, 3.05) is 0 Å². The summed E-state index contributed by atoms with van der Waals surface area (Å²) < 4.78 is 0. The lowest BCUT2D eigenvalue weighted by Gasteiger charge is -2.43. The molecule has 2 aromatic heterocycles. The molecule has 146 valence electrons. The molecule has 0 bridgehead atoms. The Hall–Kier alpha value is -2.24. The van der Waals surface area contributed by atoms with E-state index in [1.165, 1.54) is 17.7 Å². The Morgan fingerprint density at radius 2 is 1.96 bits per heavy atom. The Morgan fingerprint density at radius 1 is 1.11 bits per heavy atom. The normalized spacial score (nSPS) is 27.6. The van der Waals surface area contributed by atoms with Crippen LogP contribution in [0.1, 0.15) is 61.6 Å². The van der Waals surface area contributed by atoms with Crippen molar-refractivity contribution >= 4 is 11.0 Å². The van der Waals surface area contributed by atoms with Gasteiger partial charge in [-0.1, -0.05) is 18.2 Å². The second-order valence-corrected chi connectivity index (χ2v) is 8.63. The number of aryl methyl sites for hydroxylation is 1. The number of nitrogens with zero attached hydrogens (tertiary/aromatic N) is 2. The number of aromatic amines is 1. The van der Waals surface area contributed by atoms with Gasteiger partial charge in [-0.05, 0) is 68.7 Å². The van der Waals surface area contributed by atoms with Crippen LogP contribution in [0.15, 0.2) is 42.6 Å². The van der Waals surface area contributed by atoms with Crippen LogP contribution in [0, 0.1) is 0 Å². The Balaban J connectivity index is 1.44. The van der Waals surface area contributed by atoms with Gasteiger partial charge in [0, 0.05) is 24.2 Å². The number of hydrogen-bond donors (Lipinski definition) is 3. The van der Waals surface area contributed by atoms with Crippen LogP contribution < -0.4 is 11.1 Å². The third-order valence-electron chi connectivity index (χ3n) is 6.61. The van der Waals surface area contributed by atoms with E-state index < -0.39 is 0 Å². The highest BCUT2D eigenvalue weighted by Gasteiger charge is 2.38. The zero-order valence-corrected chi connectivity index (χ0v) is 16.3. The lowest BCUT2D eigenvalue weighted by molar-refractivity contribution is 0.181. The summed E-state index contributed by atoms with van der Waals surface area (Å²) in [6.45, 7) is 0. The number of fused-ring (bicyclic) bond motifs is 2. The number of benzene rings is 1. The van der Waals surface area contributed by atoms with Crippen molar-refractivity contribution in [1.82, 2.24) is 20.3 Å². The maximum Gasteiger partial charge on any atom is 0.109 e. The fourth-order valence-electron chi connectivity index (χ4n) is 5.09. The third-order valence-corrected chi connectivity index (χ3v) is 6.61. The standard InChI is InChI=1S/C23H29N5/c24-17-10-12-23(13-11-17,15-21-26-18-7-1-2-8-19(18)27-21)28-20-9-3-5-16-6-4-14-25-22(16)20/h1-2,4,6-8,14,17,20,28H,3,5,9-13,15,24H2,(H,26,27). The van der Waals surface area contributed by atoms with E-state index in [1.54, 1.807) is 0 Å². The van der Waals surface area contributed by atoms with Crippen molar-refractivity contribution < 1.29 is 0 Å². The number of imidazole rings is 1. The van der Waals surface area contributed by atoms with Gasteiger partial charge in [0.1, 0.15) is 5.82 Å². The van der Waals surface area contributed by atoms with Crippen molar-refractivity contribution in [2.45, 2.75) is 69.0 Å². The zero-order chi connectivity index (χ0) is 19.0. The van der Waals surface area contributed by atoms with Crippen LogP contribution in [0.2, 0.25) is 0 Å². The molecule has 1 aromatic carbocycles. The lowest BCUT2D eigenvalue weighted by atomic mass is 9.76. The predicted molar refractivity (Wildman–Crippen MR) is 112 cm³/mol. The number of hydrogen-bond acceptors (Lipinski definition) is 4. The van der Waals surface area contributed by atoms with Crippen molar-refractivity contribution in [3.05, 3.63) is 59.7 Å². The monoisotopic (exact) mass is 375 g/mol. The summed E-state index contributed by atoms with van der Waals surface area (Å²) in [4.78, 5) is 13.1. The van der Waals surface area contributed by atoms with Gasteiger partial charge in [-0.15, -0.1) is 0 Å². The van der Waals surface area contributed by atoms with Crippen LogP contribution in [0.4, 0.5) is 0 Å². The molecule has 0 amide bonds. The Bertz CT molecular complexity index is 921. The highest BCUT2D eigenvalue weighted by Crippen LogP contribution is 2.36. The summed E-state index contributed by atoms with van der Waals surface area (Å²) in [5, 5.41) is 4.06. The van der Waals surface area contributed by atoms with E-state index in [1.807, 2.05) is 12.3 Å². The summed E-state index contributed by atoms with van der Waals surface area (Å²) >= 11 is 0. The minimum Gasteiger partial charge on any atom is -0.342 e. The van der Waals surface area contributed by atoms with Gasteiger partial charge in [0.2, 0.25) is 0 Å². The summed E-state index contributed by atoms with van der Waals surface area (Å²) in [5.41, 5.74) is 11.1. The number of nitrogens with two attached hydrogens (primary N) is 1. The number of aromatic nitrogens is 3. The van der Waals surface area contributed by atoms with E-state index >= 15 is 0 Å². The SMILES string of the molecule is NC1CCC(Cc2nc3ccccc3[nH]2)(NC2CCCc3cccnc32)CC1. The molecule has 4 N–H and O–H groups in total. The first-order valence-electron chi connectivity index (χ1n) is 10.6. The van der Waals surface area contributed by atoms with Gasteiger partial charge >= 0.3 is 0 Å².